The number of aromatic carboxylic acids is 1. The second kappa shape index (κ2) is 7.08. The van der Waals surface area contributed by atoms with Gasteiger partial charge in [-0.1, -0.05) is 12.1 Å². The molecule has 0 saturated heterocycles. The maximum absolute atomic E-state index is 12.5. The molecule has 0 spiro atoms. The number of benzene rings is 2. The summed E-state index contributed by atoms with van der Waals surface area (Å²) in [6, 6.07) is 14.3. The number of carboxylic acid groups (broad SMARTS) is 1. The van der Waals surface area contributed by atoms with Crippen LogP contribution in [0, 0.1) is 6.92 Å². The number of hydrogen-bond acceptors (Lipinski definition) is 5. The van der Waals surface area contributed by atoms with Crippen molar-refractivity contribution < 1.29 is 19.1 Å². The molecule has 4 aromatic rings. The summed E-state index contributed by atoms with van der Waals surface area (Å²) in [5, 5.41) is 13.3. The van der Waals surface area contributed by atoms with E-state index in [2.05, 4.69) is 10.5 Å². The number of nitrogens with one attached hydrogen (secondary N) is 1. The highest BCUT2D eigenvalue weighted by atomic mass is 16.4. The van der Waals surface area contributed by atoms with Crippen LogP contribution in [0.1, 0.15) is 32.0 Å². The second-order valence-corrected chi connectivity index (χ2v) is 6.40. The van der Waals surface area contributed by atoms with E-state index in [0.29, 0.717) is 27.7 Å². The van der Waals surface area contributed by atoms with Crippen molar-refractivity contribution in [3.8, 4) is 0 Å². The molecule has 0 fully saturated rings. The number of carbonyl (C=O) groups is 2. The Balaban J connectivity index is 1.63. The van der Waals surface area contributed by atoms with Crippen molar-refractivity contribution in [3.63, 3.8) is 0 Å². The third kappa shape index (κ3) is 3.39. The van der Waals surface area contributed by atoms with Crippen molar-refractivity contribution in [1.82, 2.24) is 9.83 Å². The molecule has 0 saturated carbocycles. The molecule has 4 rings (SSSR count). The molecule has 0 aliphatic carbocycles. The topological polar surface area (TPSA) is 113 Å². The Kier molecular flexibility index (Phi) is 4.44. The standard InChI is InChI=1S/C21H15N3O5/c1-12-5-8-18-24(12)17-10-14(6-7-16(17)21(28)29-18)19(25)23-22-11-13-3-2-4-15(9-13)20(26)27/h2-11H,1H3,(H,23,25)(H,26,27)/b22-11+. The molecular formula is C21H15N3O5. The molecule has 2 aromatic heterocycles. The first kappa shape index (κ1) is 18.2. The van der Waals surface area contributed by atoms with Gasteiger partial charge in [0.05, 0.1) is 22.7 Å². The monoisotopic (exact) mass is 389 g/mol. The lowest BCUT2D eigenvalue weighted by atomic mass is 10.1. The first-order valence-electron chi connectivity index (χ1n) is 8.66. The second-order valence-electron chi connectivity index (χ2n) is 6.40. The zero-order chi connectivity index (χ0) is 20.5. The van der Waals surface area contributed by atoms with E-state index >= 15 is 0 Å². The average molecular weight is 389 g/mol. The Morgan fingerprint density at radius 2 is 1.93 bits per heavy atom. The van der Waals surface area contributed by atoms with Crippen LogP contribution in [0.4, 0.5) is 0 Å². The van der Waals surface area contributed by atoms with Crippen molar-refractivity contribution in [2.45, 2.75) is 6.92 Å². The molecule has 0 aliphatic rings. The molecule has 1 amide bonds. The number of rotatable bonds is 4. The van der Waals surface area contributed by atoms with Gasteiger partial charge in [0.15, 0.2) is 0 Å². The van der Waals surface area contributed by atoms with E-state index in [-0.39, 0.29) is 5.56 Å². The van der Waals surface area contributed by atoms with Gasteiger partial charge < -0.3 is 9.52 Å². The summed E-state index contributed by atoms with van der Waals surface area (Å²) >= 11 is 0. The minimum atomic E-state index is -1.04. The number of hydrogen-bond donors (Lipinski definition) is 2. The van der Waals surface area contributed by atoms with Crippen LogP contribution < -0.4 is 11.1 Å². The quantitative estimate of drug-likeness (QED) is 0.412. The molecule has 2 N–H and O–H groups in total. The Bertz CT molecular complexity index is 1360. The number of fused-ring (bicyclic) bond motifs is 3. The fourth-order valence-electron chi connectivity index (χ4n) is 3.07. The summed E-state index contributed by atoms with van der Waals surface area (Å²) in [6.45, 7) is 1.87. The summed E-state index contributed by atoms with van der Waals surface area (Å²) < 4.78 is 7.04. The molecule has 29 heavy (non-hydrogen) atoms. The average Bonchev–Trinajstić information content (AvgIpc) is 3.08. The fourth-order valence-corrected chi connectivity index (χ4v) is 3.07. The normalized spacial score (nSPS) is 11.3. The van der Waals surface area contributed by atoms with Crippen LogP contribution in [0.15, 0.2) is 68.9 Å². The van der Waals surface area contributed by atoms with E-state index in [1.54, 1.807) is 28.7 Å². The summed E-state index contributed by atoms with van der Waals surface area (Å²) in [7, 11) is 0. The first-order valence-corrected chi connectivity index (χ1v) is 8.66. The van der Waals surface area contributed by atoms with Crippen molar-refractivity contribution in [2.75, 3.05) is 0 Å². The van der Waals surface area contributed by atoms with Gasteiger partial charge >= 0.3 is 11.6 Å². The van der Waals surface area contributed by atoms with E-state index in [0.717, 1.165) is 5.69 Å². The third-order valence-electron chi connectivity index (χ3n) is 4.47. The highest BCUT2D eigenvalue weighted by molar-refractivity contribution is 5.98. The number of carbonyl (C=O) groups excluding carboxylic acids is 1. The number of nitrogens with zero attached hydrogens (tertiary/aromatic N) is 2. The van der Waals surface area contributed by atoms with E-state index in [1.807, 2.05) is 13.0 Å². The van der Waals surface area contributed by atoms with Gasteiger partial charge in [0.2, 0.25) is 5.71 Å². The maximum atomic E-state index is 12.5. The van der Waals surface area contributed by atoms with E-state index in [9.17, 15) is 14.4 Å². The number of carboxylic acids is 1. The summed E-state index contributed by atoms with van der Waals surface area (Å²) in [5.41, 5.74) is 4.72. The lowest BCUT2D eigenvalue weighted by Gasteiger charge is -2.06. The molecule has 0 radical (unpaired) electrons. The van der Waals surface area contributed by atoms with Gasteiger partial charge in [0, 0.05) is 17.3 Å². The molecular weight excluding hydrogens is 374 g/mol. The van der Waals surface area contributed by atoms with Crippen LogP contribution in [0.25, 0.3) is 16.6 Å². The minimum absolute atomic E-state index is 0.125. The smallest absolute Gasteiger partial charge is 0.346 e. The fraction of sp³-hybridized carbons (Fsp3) is 0.0476. The zero-order valence-electron chi connectivity index (χ0n) is 15.2. The molecule has 2 heterocycles. The van der Waals surface area contributed by atoms with Gasteiger partial charge in [0.1, 0.15) is 0 Å². The van der Waals surface area contributed by atoms with Crippen molar-refractivity contribution >= 4 is 34.7 Å². The molecule has 0 atom stereocenters. The third-order valence-corrected chi connectivity index (χ3v) is 4.47. The Hall–Kier alpha value is -4.20. The minimum Gasteiger partial charge on any atom is -0.478 e. The molecule has 0 bridgehead atoms. The van der Waals surface area contributed by atoms with E-state index in [1.165, 1.54) is 30.5 Å². The summed E-state index contributed by atoms with van der Waals surface area (Å²) in [5.74, 6) is -1.51. The maximum Gasteiger partial charge on any atom is 0.346 e. The molecule has 0 aliphatic heterocycles. The highest BCUT2D eigenvalue weighted by Gasteiger charge is 2.12. The first-order chi connectivity index (χ1) is 13.9. The highest BCUT2D eigenvalue weighted by Crippen LogP contribution is 2.18. The van der Waals surface area contributed by atoms with Crippen molar-refractivity contribution in [2.24, 2.45) is 5.10 Å². The molecule has 2 aromatic carbocycles. The van der Waals surface area contributed by atoms with Crippen LogP contribution in [0.5, 0.6) is 0 Å². The number of aromatic nitrogens is 1. The molecule has 0 unspecified atom stereocenters. The Morgan fingerprint density at radius 3 is 2.72 bits per heavy atom. The predicted molar refractivity (Wildman–Crippen MR) is 107 cm³/mol. The molecule has 8 heteroatoms. The zero-order valence-corrected chi connectivity index (χ0v) is 15.2. The van der Waals surface area contributed by atoms with Gasteiger partial charge in [-0.2, -0.15) is 5.10 Å². The number of amides is 1. The van der Waals surface area contributed by atoms with Gasteiger partial charge in [0.25, 0.3) is 5.91 Å². The number of hydrazone groups is 1. The Labute approximate surface area is 163 Å². The van der Waals surface area contributed by atoms with Gasteiger partial charge in [-0.05, 0) is 48.9 Å². The lowest BCUT2D eigenvalue weighted by molar-refractivity contribution is 0.0696. The lowest BCUT2D eigenvalue weighted by Crippen LogP contribution is -2.18. The summed E-state index contributed by atoms with van der Waals surface area (Å²) in [4.78, 5) is 35.6. The summed E-state index contributed by atoms with van der Waals surface area (Å²) in [6.07, 6.45) is 1.36. The van der Waals surface area contributed by atoms with Crippen molar-refractivity contribution in [3.05, 3.63) is 87.4 Å². The van der Waals surface area contributed by atoms with E-state index < -0.39 is 17.5 Å². The molecule has 144 valence electrons. The SMILES string of the molecule is Cc1ccc2oc(=O)c3ccc(C(=O)N/N=C/c4cccc(C(=O)O)c4)cc3n12. The predicted octanol–water partition coefficient (Wildman–Crippen LogP) is 2.82. The number of aryl methyl sites for hydroxylation is 1. The van der Waals surface area contributed by atoms with Crippen LogP contribution in [0.3, 0.4) is 0 Å². The van der Waals surface area contributed by atoms with E-state index in [4.69, 9.17) is 9.52 Å². The van der Waals surface area contributed by atoms with Crippen LogP contribution in [-0.4, -0.2) is 27.6 Å². The Morgan fingerprint density at radius 1 is 1.10 bits per heavy atom. The van der Waals surface area contributed by atoms with Crippen molar-refractivity contribution in [1.29, 1.82) is 0 Å². The van der Waals surface area contributed by atoms with Gasteiger partial charge in [-0.25, -0.2) is 15.0 Å². The van der Waals surface area contributed by atoms with Gasteiger partial charge in [-0.3, -0.25) is 9.20 Å². The van der Waals surface area contributed by atoms with Crippen LogP contribution >= 0.6 is 0 Å². The van der Waals surface area contributed by atoms with Crippen LogP contribution in [-0.2, 0) is 0 Å². The van der Waals surface area contributed by atoms with Gasteiger partial charge in [-0.15, -0.1) is 0 Å². The van der Waals surface area contributed by atoms with Crippen LogP contribution in [0.2, 0.25) is 0 Å². The molecule has 8 nitrogen and oxygen atoms in total. The largest absolute Gasteiger partial charge is 0.478 e.